The van der Waals surface area contributed by atoms with Crippen molar-refractivity contribution in [2.45, 2.75) is 99.2 Å². The van der Waals surface area contributed by atoms with E-state index >= 15 is 0 Å². The number of hydrogen-bond acceptors (Lipinski definition) is 4. The lowest BCUT2D eigenvalue weighted by atomic mass is 9.77. The highest BCUT2D eigenvalue weighted by molar-refractivity contribution is 8.00. The van der Waals surface area contributed by atoms with Gasteiger partial charge in [0.2, 0.25) is 0 Å². The molecule has 0 radical (unpaired) electrons. The van der Waals surface area contributed by atoms with Crippen LogP contribution in [0.3, 0.4) is 0 Å². The van der Waals surface area contributed by atoms with Crippen LogP contribution in [0.4, 0.5) is 5.69 Å². The van der Waals surface area contributed by atoms with Gasteiger partial charge >= 0.3 is 0 Å². The Kier molecular flexibility index (Phi) is 8.26. The van der Waals surface area contributed by atoms with Crippen LogP contribution in [-0.2, 0) is 24.7 Å². The van der Waals surface area contributed by atoms with Crippen molar-refractivity contribution in [1.29, 1.82) is 0 Å². The summed E-state index contributed by atoms with van der Waals surface area (Å²) in [6, 6.07) is 23.5. The fourth-order valence-electron chi connectivity index (χ4n) is 12.0. The van der Waals surface area contributed by atoms with Crippen molar-refractivity contribution in [2.75, 3.05) is 4.90 Å². The molecule has 0 N–H and O–H groups in total. The molecule has 0 saturated carbocycles. The molecule has 300 valence electrons. The normalized spacial score (nSPS) is 23.6. The molecule has 3 heterocycles. The zero-order valence-electron chi connectivity index (χ0n) is 35.0. The van der Waals surface area contributed by atoms with Gasteiger partial charge in [0.1, 0.15) is 11.3 Å². The molecule has 3 aromatic carbocycles. The average molecular weight is 828 g/mol. The molecule has 0 amide bonds. The van der Waals surface area contributed by atoms with Gasteiger partial charge in [0, 0.05) is 59.1 Å². The predicted octanol–water partition coefficient (Wildman–Crippen LogP) is 15.0. The Labute approximate surface area is 367 Å². The van der Waals surface area contributed by atoms with Crippen LogP contribution in [0.1, 0.15) is 113 Å². The average Bonchev–Trinajstić information content (AvgIpc) is 4.05. The van der Waals surface area contributed by atoms with Gasteiger partial charge < -0.3 is 9.32 Å². The van der Waals surface area contributed by atoms with E-state index in [1.807, 2.05) is 11.3 Å². The van der Waals surface area contributed by atoms with E-state index in [1.54, 1.807) is 27.2 Å². The summed E-state index contributed by atoms with van der Waals surface area (Å²) in [5, 5.41) is 1.72. The molecule has 2 nitrogen and oxygen atoms in total. The van der Waals surface area contributed by atoms with Crippen LogP contribution in [0.2, 0.25) is 0 Å². The second kappa shape index (κ2) is 13.9. The maximum Gasteiger partial charge on any atom is 0.142 e. The highest BCUT2D eigenvalue weighted by Crippen LogP contribution is 2.57. The third-order valence-electron chi connectivity index (χ3n) is 15.1. The summed E-state index contributed by atoms with van der Waals surface area (Å²) >= 11 is 4.10. The molecule has 1 aliphatic heterocycles. The zero-order chi connectivity index (χ0) is 40.4. The molecule has 61 heavy (non-hydrogen) atoms. The number of thioether (sulfide) groups is 1. The van der Waals surface area contributed by atoms with E-state index in [-0.39, 0.29) is 11.5 Å². The third-order valence-corrected chi connectivity index (χ3v) is 17.8. The first-order valence-corrected chi connectivity index (χ1v) is 24.3. The first-order chi connectivity index (χ1) is 30.0. The van der Waals surface area contributed by atoms with Gasteiger partial charge in [0.05, 0.1) is 6.04 Å². The summed E-state index contributed by atoms with van der Waals surface area (Å²) in [6.07, 6.45) is 38.3. The molecule has 0 spiro atoms. The molecule has 7 aliphatic carbocycles. The van der Waals surface area contributed by atoms with Crippen molar-refractivity contribution in [3.8, 4) is 0 Å². The van der Waals surface area contributed by atoms with Gasteiger partial charge in [0.15, 0.2) is 0 Å². The molecule has 2 aromatic heterocycles. The summed E-state index contributed by atoms with van der Waals surface area (Å²) in [4.78, 5) is 7.18. The molecular formula is C57H49NOS2. The monoisotopic (exact) mass is 827 g/mol. The smallest absolute Gasteiger partial charge is 0.142 e. The number of aryl methyl sites for hydroxylation is 1. The molecule has 3 unspecified atom stereocenters. The standard InChI is InChI=1S/C57H49NOS2/c1-57(2)48-32-31-46-43-13-5-8-20-52(43)61-56(46)53(48)47-30-29-38(33-49(47)57)58(36-25-21-34(22-26-36)39-14-9-16-44-41-11-3-6-18-50(41)59-54(39)44)37-27-23-35(24-28-37)40-15-10-17-45-42-12-4-7-19-51(42)60-55(40)45/h4,6-10,12,14-23,25,27,29-30,33,36,45,55H,3,5,11,13,24,26,28,31-32H2,1-2H3. The van der Waals surface area contributed by atoms with E-state index in [2.05, 4.69) is 164 Å². The molecule has 13 rings (SSSR count). The van der Waals surface area contributed by atoms with Gasteiger partial charge in [-0.3, -0.25) is 0 Å². The van der Waals surface area contributed by atoms with Gasteiger partial charge in [-0.05, 0) is 144 Å². The van der Waals surface area contributed by atoms with E-state index in [1.165, 1.54) is 90.3 Å². The molecule has 5 aromatic rings. The van der Waals surface area contributed by atoms with Crippen LogP contribution in [-0.4, -0.2) is 11.3 Å². The van der Waals surface area contributed by atoms with Crippen molar-refractivity contribution in [1.82, 2.24) is 0 Å². The van der Waals surface area contributed by atoms with Crippen LogP contribution < -0.4 is 4.90 Å². The summed E-state index contributed by atoms with van der Waals surface area (Å²) in [5.74, 6) is 1.48. The Morgan fingerprint density at radius 3 is 2.56 bits per heavy atom. The van der Waals surface area contributed by atoms with Crippen LogP contribution in [0.25, 0.3) is 34.3 Å². The number of furan rings is 1. The quantitative estimate of drug-likeness (QED) is 0.176. The highest BCUT2D eigenvalue weighted by Gasteiger charge is 2.43. The Balaban J connectivity index is 0.876. The van der Waals surface area contributed by atoms with E-state index < -0.39 is 0 Å². The number of thiophene rings is 1. The second-order valence-electron chi connectivity index (χ2n) is 18.6. The van der Waals surface area contributed by atoms with E-state index in [0.29, 0.717) is 11.2 Å². The van der Waals surface area contributed by atoms with Crippen molar-refractivity contribution in [3.63, 3.8) is 0 Å². The minimum atomic E-state index is -0.0159. The first kappa shape index (κ1) is 36.4. The highest BCUT2D eigenvalue weighted by atomic mass is 32.2. The summed E-state index contributed by atoms with van der Waals surface area (Å²) in [5.41, 5.74) is 21.4. The fourth-order valence-corrected chi connectivity index (χ4v) is 15.0. The largest absolute Gasteiger partial charge is 0.456 e. The molecule has 0 bridgehead atoms. The van der Waals surface area contributed by atoms with E-state index in [4.69, 9.17) is 4.42 Å². The van der Waals surface area contributed by atoms with Crippen LogP contribution >= 0.6 is 23.1 Å². The van der Waals surface area contributed by atoms with Crippen LogP contribution in [0.15, 0.2) is 153 Å². The van der Waals surface area contributed by atoms with Crippen molar-refractivity contribution >= 4 is 63.1 Å². The molecule has 0 fully saturated rings. The number of fused-ring (bicyclic) bond motifs is 12. The summed E-state index contributed by atoms with van der Waals surface area (Å²) in [6.45, 7) is 4.99. The number of para-hydroxylation sites is 1. The number of anilines is 1. The maximum atomic E-state index is 6.56. The zero-order valence-corrected chi connectivity index (χ0v) is 36.6. The minimum absolute atomic E-state index is 0.0159. The minimum Gasteiger partial charge on any atom is -0.456 e. The second-order valence-corrected chi connectivity index (χ2v) is 20.9. The van der Waals surface area contributed by atoms with E-state index in [9.17, 15) is 0 Å². The lowest BCUT2D eigenvalue weighted by Crippen LogP contribution is -2.35. The van der Waals surface area contributed by atoms with Crippen molar-refractivity contribution in [3.05, 3.63) is 198 Å². The first-order valence-electron chi connectivity index (χ1n) is 22.6. The van der Waals surface area contributed by atoms with Crippen LogP contribution in [0, 0.1) is 0 Å². The lowest BCUT2D eigenvalue weighted by molar-refractivity contribution is 0.594. The number of benzene rings is 3. The number of nitrogens with zero attached hydrogens (tertiary/aromatic N) is 1. The number of allylic oxidation sites excluding steroid dienone is 12. The van der Waals surface area contributed by atoms with Crippen molar-refractivity contribution in [2.24, 2.45) is 0 Å². The Morgan fingerprint density at radius 2 is 1.67 bits per heavy atom. The van der Waals surface area contributed by atoms with E-state index in [0.717, 1.165) is 49.9 Å². The summed E-state index contributed by atoms with van der Waals surface area (Å²) < 4.78 is 6.56. The van der Waals surface area contributed by atoms with Gasteiger partial charge in [-0.1, -0.05) is 117 Å². The Hall–Kier alpha value is -5.29. The summed E-state index contributed by atoms with van der Waals surface area (Å²) in [7, 11) is 0. The predicted molar refractivity (Wildman–Crippen MR) is 259 cm³/mol. The molecule has 4 heteroatoms. The Bertz CT molecular complexity index is 3030. The molecule has 8 aliphatic rings. The van der Waals surface area contributed by atoms with Crippen molar-refractivity contribution < 1.29 is 4.42 Å². The number of hydrogen-bond donors (Lipinski definition) is 0. The molecular weight excluding hydrogens is 779 g/mol. The van der Waals surface area contributed by atoms with Gasteiger partial charge in [-0.25, -0.2) is 0 Å². The lowest BCUT2D eigenvalue weighted by Gasteiger charge is -2.37. The molecule has 0 saturated heterocycles. The maximum absolute atomic E-state index is 6.56. The fraction of sp³-hybridized carbons (Fsp3) is 0.263. The van der Waals surface area contributed by atoms with Gasteiger partial charge in [-0.2, -0.15) is 0 Å². The SMILES string of the molecule is CC1(C)C2=C(c3ccc(N(C4=CC=C(C5=CC=CC6c7ccccc7SC56)CC4)C4C=CC(c5cccc6c7c(oc56)C=CCC7)=CC4)cc31)c1sc3c(c1CC2)CCC=C3. The molecule has 3 atom stereocenters. The topological polar surface area (TPSA) is 16.4 Å². The third kappa shape index (κ3) is 5.54. The van der Waals surface area contributed by atoms with Crippen LogP contribution in [0.5, 0.6) is 0 Å². The Morgan fingerprint density at radius 1 is 0.770 bits per heavy atom. The van der Waals surface area contributed by atoms with Gasteiger partial charge in [0.25, 0.3) is 0 Å². The number of rotatable bonds is 5. The van der Waals surface area contributed by atoms with Gasteiger partial charge in [-0.15, -0.1) is 23.1 Å².